The van der Waals surface area contributed by atoms with Crippen molar-refractivity contribution in [2.75, 3.05) is 34.2 Å². The molecule has 0 N–H and O–H groups in total. The molecule has 0 saturated carbocycles. The van der Waals surface area contributed by atoms with Gasteiger partial charge in [-0.25, -0.2) is 0 Å². The molecule has 0 aliphatic carbocycles. The van der Waals surface area contributed by atoms with Crippen LogP contribution in [0.5, 0.6) is 34.5 Å². The molecule has 2 aromatic carbocycles. The summed E-state index contributed by atoms with van der Waals surface area (Å²) in [5.74, 6) is 4.09. The Balaban J connectivity index is 1.48. The zero-order valence-electron chi connectivity index (χ0n) is 13.7. The lowest BCUT2D eigenvalue weighted by molar-refractivity contribution is 0.173. The molecule has 1 aliphatic heterocycles. The summed E-state index contributed by atoms with van der Waals surface area (Å²) in [5, 5.41) is 0. The van der Waals surface area contributed by atoms with Crippen molar-refractivity contribution in [3.8, 4) is 34.5 Å². The van der Waals surface area contributed by atoms with E-state index in [1.165, 1.54) is 0 Å². The lowest BCUT2D eigenvalue weighted by atomic mass is 10.3. The van der Waals surface area contributed by atoms with E-state index in [0.29, 0.717) is 36.2 Å². The van der Waals surface area contributed by atoms with Gasteiger partial charge in [-0.15, -0.1) is 0 Å². The molecule has 0 bridgehead atoms. The van der Waals surface area contributed by atoms with Gasteiger partial charge in [0.25, 0.3) is 0 Å². The van der Waals surface area contributed by atoms with E-state index >= 15 is 0 Å². The van der Waals surface area contributed by atoms with E-state index < -0.39 is 0 Å². The number of benzene rings is 2. The SMILES string of the molecule is COc1cccc(OC)c1OCCCOc1ccc2c(c1)OCO2. The smallest absolute Gasteiger partial charge is 0.231 e. The molecule has 6 heteroatoms. The van der Waals surface area contributed by atoms with E-state index in [-0.39, 0.29) is 6.79 Å². The second-order valence-electron chi connectivity index (χ2n) is 5.06. The first-order valence-electron chi connectivity index (χ1n) is 7.68. The van der Waals surface area contributed by atoms with Gasteiger partial charge in [0.05, 0.1) is 27.4 Å². The Morgan fingerprint density at radius 1 is 0.875 bits per heavy atom. The summed E-state index contributed by atoms with van der Waals surface area (Å²) in [6, 6.07) is 11.0. The van der Waals surface area contributed by atoms with E-state index in [0.717, 1.165) is 17.9 Å². The largest absolute Gasteiger partial charge is 0.493 e. The number of rotatable bonds is 8. The number of ether oxygens (including phenoxy) is 6. The van der Waals surface area contributed by atoms with Crippen LogP contribution in [0.3, 0.4) is 0 Å². The molecule has 128 valence electrons. The summed E-state index contributed by atoms with van der Waals surface area (Å²) in [7, 11) is 3.20. The molecule has 0 amide bonds. The molecule has 0 spiro atoms. The first kappa shape index (κ1) is 16.1. The van der Waals surface area contributed by atoms with Crippen molar-refractivity contribution >= 4 is 0 Å². The van der Waals surface area contributed by atoms with E-state index in [1.54, 1.807) is 14.2 Å². The number of para-hydroxylation sites is 1. The van der Waals surface area contributed by atoms with Gasteiger partial charge in [0.1, 0.15) is 5.75 Å². The maximum atomic E-state index is 5.79. The molecule has 2 aromatic rings. The Morgan fingerprint density at radius 3 is 2.33 bits per heavy atom. The topological polar surface area (TPSA) is 55.4 Å². The highest BCUT2D eigenvalue weighted by Crippen LogP contribution is 2.37. The van der Waals surface area contributed by atoms with E-state index in [4.69, 9.17) is 28.4 Å². The van der Waals surface area contributed by atoms with E-state index in [9.17, 15) is 0 Å². The molecule has 0 atom stereocenters. The van der Waals surface area contributed by atoms with E-state index in [1.807, 2.05) is 36.4 Å². The first-order valence-corrected chi connectivity index (χ1v) is 7.68. The van der Waals surface area contributed by atoms with Crippen LogP contribution in [0.2, 0.25) is 0 Å². The van der Waals surface area contributed by atoms with Crippen molar-refractivity contribution in [3.63, 3.8) is 0 Å². The fourth-order valence-corrected chi connectivity index (χ4v) is 2.35. The van der Waals surface area contributed by atoms with Gasteiger partial charge in [0.2, 0.25) is 12.5 Å². The fourth-order valence-electron chi connectivity index (χ4n) is 2.35. The molecule has 0 fully saturated rings. The maximum absolute atomic E-state index is 5.79. The van der Waals surface area contributed by atoms with Gasteiger partial charge in [-0.3, -0.25) is 0 Å². The van der Waals surface area contributed by atoms with Crippen LogP contribution in [-0.4, -0.2) is 34.2 Å². The lowest BCUT2D eigenvalue weighted by Gasteiger charge is -2.14. The summed E-state index contributed by atoms with van der Waals surface area (Å²) < 4.78 is 32.7. The third kappa shape index (κ3) is 3.59. The van der Waals surface area contributed by atoms with Crippen LogP contribution in [0.1, 0.15) is 6.42 Å². The summed E-state index contributed by atoms with van der Waals surface area (Å²) in [4.78, 5) is 0. The summed E-state index contributed by atoms with van der Waals surface area (Å²) in [5.41, 5.74) is 0. The van der Waals surface area contributed by atoms with Gasteiger partial charge in [-0.05, 0) is 24.3 Å². The predicted octanol–water partition coefficient (Wildman–Crippen LogP) is 3.28. The van der Waals surface area contributed by atoms with Gasteiger partial charge in [0, 0.05) is 12.5 Å². The molecule has 24 heavy (non-hydrogen) atoms. The molecule has 1 aliphatic rings. The molecular formula is C18H20O6. The Hall–Kier alpha value is -2.76. The standard InChI is InChI=1S/C18H20O6/c1-19-15-5-3-6-16(20-2)18(15)22-10-4-9-21-13-7-8-14-17(11-13)24-12-23-14/h3,5-8,11H,4,9-10,12H2,1-2H3. The third-order valence-corrected chi connectivity index (χ3v) is 3.53. The second kappa shape index (κ2) is 7.68. The summed E-state index contributed by atoms with van der Waals surface area (Å²) >= 11 is 0. The molecule has 3 rings (SSSR count). The highest BCUT2D eigenvalue weighted by atomic mass is 16.7. The highest BCUT2D eigenvalue weighted by molar-refractivity contribution is 5.51. The average Bonchev–Trinajstić information content (AvgIpc) is 3.09. The molecule has 0 saturated heterocycles. The van der Waals surface area contributed by atoms with Crippen molar-refractivity contribution in [1.82, 2.24) is 0 Å². The normalized spacial score (nSPS) is 11.9. The monoisotopic (exact) mass is 332 g/mol. The van der Waals surface area contributed by atoms with Crippen molar-refractivity contribution < 1.29 is 28.4 Å². The maximum Gasteiger partial charge on any atom is 0.231 e. The predicted molar refractivity (Wildman–Crippen MR) is 87.7 cm³/mol. The average molecular weight is 332 g/mol. The number of fused-ring (bicyclic) bond motifs is 1. The highest BCUT2D eigenvalue weighted by Gasteiger charge is 2.14. The van der Waals surface area contributed by atoms with E-state index in [2.05, 4.69) is 0 Å². The first-order chi connectivity index (χ1) is 11.8. The molecule has 1 heterocycles. The van der Waals surface area contributed by atoms with Crippen molar-refractivity contribution in [2.45, 2.75) is 6.42 Å². The van der Waals surface area contributed by atoms with Gasteiger partial charge in [-0.1, -0.05) is 6.07 Å². The van der Waals surface area contributed by atoms with Crippen LogP contribution in [-0.2, 0) is 0 Å². The number of hydrogen-bond donors (Lipinski definition) is 0. The van der Waals surface area contributed by atoms with Crippen molar-refractivity contribution in [1.29, 1.82) is 0 Å². The molecule has 6 nitrogen and oxygen atoms in total. The van der Waals surface area contributed by atoms with Crippen LogP contribution in [0.25, 0.3) is 0 Å². The van der Waals surface area contributed by atoms with Gasteiger partial charge < -0.3 is 28.4 Å². The van der Waals surface area contributed by atoms with Crippen LogP contribution in [0, 0.1) is 0 Å². The van der Waals surface area contributed by atoms with Crippen LogP contribution >= 0.6 is 0 Å². The Kier molecular flexibility index (Phi) is 5.15. The number of hydrogen-bond acceptors (Lipinski definition) is 6. The van der Waals surface area contributed by atoms with Crippen LogP contribution < -0.4 is 28.4 Å². The van der Waals surface area contributed by atoms with Crippen LogP contribution in [0.4, 0.5) is 0 Å². The van der Waals surface area contributed by atoms with Crippen LogP contribution in [0.15, 0.2) is 36.4 Å². The second-order valence-corrected chi connectivity index (χ2v) is 5.06. The minimum absolute atomic E-state index is 0.257. The zero-order valence-corrected chi connectivity index (χ0v) is 13.7. The molecule has 0 radical (unpaired) electrons. The fraction of sp³-hybridized carbons (Fsp3) is 0.333. The molecule has 0 aromatic heterocycles. The zero-order chi connectivity index (χ0) is 16.8. The van der Waals surface area contributed by atoms with Gasteiger partial charge >= 0.3 is 0 Å². The van der Waals surface area contributed by atoms with Gasteiger partial charge in [-0.2, -0.15) is 0 Å². The Labute approximate surface area is 140 Å². The quantitative estimate of drug-likeness (QED) is 0.692. The lowest BCUT2D eigenvalue weighted by Crippen LogP contribution is -2.06. The minimum Gasteiger partial charge on any atom is -0.493 e. The third-order valence-electron chi connectivity index (χ3n) is 3.53. The number of methoxy groups -OCH3 is 2. The van der Waals surface area contributed by atoms with Gasteiger partial charge in [0.15, 0.2) is 23.0 Å². The molecular weight excluding hydrogens is 312 g/mol. The van der Waals surface area contributed by atoms with Crippen molar-refractivity contribution in [2.24, 2.45) is 0 Å². The summed E-state index contributed by atoms with van der Waals surface area (Å²) in [6.07, 6.45) is 0.718. The minimum atomic E-state index is 0.257. The summed E-state index contributed by atoms with van der Waals surface area (Å²) in [6.45, 7) is 1.27. The van der Waals surface area contributed by atoms with Crippen molar-refractivity contribution in [3.05, 3.63) is 36.4 Å². The Bertz CT molecular complexity index is 663. The molecule has 0 unspecified atom stereocenters. The Morgan fingerprint density at radius 2 is 1.58 bits per heavy atom.